The summed E-state index contributed by atoms with van der Waals surface area (Å²) in [6, 6.07) is 5.24. The van der Waals surface area contributed by atoms with Crippen LogP contribution in [-0.2, 0) is 22.5 Å². The summed E-state index contributed by atoms with van der Waals surface area (Å²) in [5, 5.41) is 3.97. The van der Waals surface area contributed by atoms with Crippen LogP contribution >= 0.6 is 22.9 Å². The molecule has 0 spiro atoms. The Bertz CT molecular complexity index is 1230. The van der Waals surface area contributed by atoms with Crippen LogP contribution in [0, 0.1) is 12.7 Å². The second kappa shape index (κ2) is 9.85. The molecule has 2 atom stereocenters. The van der Waals surface area contributed by atoms with E-state index in [1.807, 2.05) is 25.1 Å². The summed E-state index contributed by atoms with van der Waals surface area (Å²) in [7, 11) is 0. The number of aromatic nitrogens is 1. The number of carbonyl (C=O) groups excluding carboxylic acids is 1. The van der Waals surface area contributed by atoms with Crippen LogP contribution in [0.3, 0.4) is 0 Å². The van der Waals surface area contributed by atoms with Crippen molar-refractivity contribution in [1.82, 2.24) is 15.2 Å². The minimum absolute atomic E-state index is 0.0409. The average Bonchev–Trinajstić information content (AvgIpc) is 3.35. The molecule has 0 unspecified atom stereocenters. The van der Waals surface area contributed by atoms with Gasteiger partial charge in [0.1, 0.15) is 12.2 Å². The largest absolute Gasteiger partial charge is 0.375 e. The number of nitrogens with one attached hydrogen (secondary N) is 1. The van der Waals surface area contributed by atoms with Gasteiger partial charge < -0.3 is 15.0 Å². The van der Waals surface area contributed by atoms with Gasteiger partial charge in [0, 0.05) is 42.7 Å². The zero-order chi connectivity index (χ0) is 23.8. The van der Waals surface area contributed by atoms with Crippen molar-refractivity contribution >= 4 is 39.1 Å². The topological polar surface area (TPSA) is 54.5 Å². The fraction of sp³-hybridized carbons (Fsp3) is 0.440. The van der Waals surface area contributed by atoms with E-state index in [0.717, 1.165) is 35.3 Å². The highest BCUT2D eigenvalue weighted by Crippen LogP contribution is 2.40. The summed E-state index contributed by atoms with van der Waals surface area (Å²) in [6.45, 7) is 3.74. The SMILES string of the molecule is Cc1cc(Cl)cc(-c2ccnc3c(F)c(CN4C(=O)CC[C@@H]4CF)sc23)c1C[C@@H]1CNCCO1. The number of amides is 1. The van der Waals surface area contributed by atoms with E-state index in [4.69, 9.17) is 16.3 Å². The number of ether oxygens (including phenoxy) is 1. The Morgan fingerprint density at radius 2 is 2.21 bits per heavy atom. The summed E-state index contributed by atoms with van der Waals surface area (Å²) in [5.74, 6) is -0.583. The lowest BCUT2D eigenvalue weighted by Crippen LogP contribution is -2.39. The fourth-order valence-electron chi connectivity index (χ4n) is 4.91. The minimum Gasteiger partial charge on any atom is -0.375 e. The molecule has 2 aromatic heterocycles. The van der Waals surface area contributed by atoms with Crippen molar-refractivity contribution in [2.24, 2.45) is 0 Å². The predicted octanol–water partition coefficient (Wildman–Crippen LogP) is 5.06. The van der Waals surface area contributed by atoms with Gasteiger partial charge >= 0.3 is 0 Å². The number of rotatable bonds is 6. The van der Waals surface area contributed by atoms with E-state index in [9.17, 15) is 9.18 Å². The Morgan fingerprint density at radius 3 is 2.97 bits per heavy atom. The van der Waals surface area contributed by atoms with Gasteiger partial charge in [-0.25, -0.2) is 8.78 Å². The van der Waals surface area contributed by atoms with Crippen LogP contribution in [0.2, 0.25) is 5.02 Å². The quantitative estimate of drug-likeness (QED) is 0.509. The lowest BCUT2D eigenvalue weighted by Gasteiger charge is -2.25. The fourth-order valence-corrected chi connectivity index (χ4v) is 6.35. The smallest absolute Gasteiger partial charge is 0.223 e. The van der Waals surface area contributed by atoms with Crippen LogP contribution in [0.25, 0.3) is 21.3 Å². The first-order chi connectivity index (χ1) is 16.5. The van der Waals surface area contributed by atoms with Crippen LogP contribution < -0.4 is 5.32 Å². The van der Waals surface area contributed by atoms with Gasteiger partial charge in [-0.15, -0.1) is 11.3 Å². The molecule has 180 valence electrons. The van der Waals surface area contributed by atoms with Gasteiger partial charge in [-0.2, -0.15) is 0 Å². The third-order valence-electron chi connectivity index (χ3n) is 6.69. The number of alkyl halides is 1. The lowest BCUT2D eigenvalue weighted by atomic mass is 9.92. The van der Waals surface area contributed by atoms with Crippen LogP contribution in [-0.4, -0.2) is 54.3 Å². The first-order valence-corrected chi connectivity index (χ1v) is 12.7. The first kappa shape index (κ1) is 23.6. The van der Waals surface area contributed by atoms with Gasteiger partial charge in [-0.3, -0.25) is 9.78 Å². The maximum absolute atomic E-state index is 15.4. The number of pyridine rings is 1. The number of benzene rings is 1. The van der Waals surface area contributed by atoms with Crippen molar-refractivity contribution in [3.05, 3.63) is 51.2 Å². The number of hydrogen-bond acceptors (Lipinski definition) is 5. The number of carbonyl (C=O) groups is 1. The number of likely N-dealkylation sites (tertiary alicyclic amines) is 1. The average molecular weight is 506 g/mol. The van der Waals surface area contributed by atoms with Gasteiger partial charge in [0.25, 0.3) is 0 Å². The van der Waals surface area contributed by atoms with Crippen molar-refractivity contribution in [2.45, 2.75) is 44.9 Å². The van der Waals surface area contributed by atoms with Gasteiger partial charge in [0.15, 0.2) is 5.82 Å². The summed E-state index contributed by atoms with van der Waals surface area (Å²) in [6.07, 6.45) is 3.11. The molecule has 5 rings (SSSR count). The van der Waals surface area contributed by atoms with Crippen molar-refractivity contribution in [3.63, 3.8) is 0 Å². The third-order valence-corrected chi connectivity index (χ3v) is 8.08. The Morgan fingerprint density at radius 1 is 1.35 bits per heavy atom. The minimum atomic E-state index is -0.620. The number of halogens is 3. The molecular weight excluding hydrogens is 480 g/mol. The Kier molecular flexibility index (Phi) is 6.84. The lowest BCUT2D eigenvalue weighted by molar-refractivity contribution is -0.129. The maximum Gasteiger partial charge on any atom is 0.223 e. The van der Waals surface area contributed by atoms with E-state index in [-0.39, 0.29) is 24.1 Å². The number of aryl methyl sites for hydroxylation is 1. The predicted molar refractivity (Wildman–Crippen MR) is 131 cm³/mol. The van der Waals surface area contributed by atoms with E-state index in [1.54, 1.807) is 6.20 Å². The molecule has 9 heteroatoms. The van der Waals surface area contributed by atoms with Crippen LogP contribution in [0.1, 0.15) is 28.8 Å². The molecule has 3 aromatic rings. The standard InChI is InChI=1S/C25H26ClF2N3O2S/c1-14-8-15(26)9-20(19(14)10-17-12-29-6-7-33-17)18-4-5-30-24-23(28)21(34-25(18)24)13-31-16(11-27)2-3-22(31)32/h4-5,8-9,16-17,29H,2-3,6-7,10-13H2,1H3/t16-,17-/m1/s1. The highest BCUT2D eigenvalue weighted by atomic mass is 35.5. The number of fused-ring (bicyclic) bond motifs is 1. The number of hydrogen-bond donors (Lipinski definition) is 1. The Balaban J connectivity index is 1.57. The Labute approximate surface area is 206 Å². The van der Waals surface area contributed by atoms with E-state index in [1.165, 1.54) is 16.2 Å². The van der Waals surface area contributed by atoms with Gasteiger partial charge in [0.2, 0.25) is 5.91 Å². The van der Waals surface area contributed by atoms with Crippen LogP contribution in [0.15, 0.2) is 24.4 Å². The van der Waals surface area contributed by atoms with Crippen LogP contribution in [0.4, 0.5) is 8.78 Å². The molecule has 1 amide bonds. The van der Waals surface area contributed by atoms with E-state index >= 15 is 4.39 Å². The van der Waals surface area contributed by atoms with Gasteiger partial charge in [0.05, 0.1) is 34.9 Å². The van der Waals surface area contributed by atoms with Crippen molar-refractivity contribution < 1.29 is 18.3 Å². The maximum atomic E-state index is 15.4. The third kappa shape index (κ3) is 4.44. The summed E-state index contributed by atoms with van der Waals surface area (Å²) < 4.78 is 35.5. The molecule has 2 aliphatic rings. The van der Waals surface area contributed by atoms with Crippen LogP contribution in [0.5, 0.6) is 0 Å². The summed E-state index contributed by atoms with van der Waals surface area (Å²) in [5.41, 5.74) is 4.19. The molecule has 2 saturated heterocycles. The molecule has 0 saturated carbocycles. The van der Waals surface area contributed by atoms with E-state index in [2.05, 4.69) is 10.3 Å². The molecule has 0 aliphatic carbocycles. The molecular formula is C25H26ClF2N3O2S. The zero-order valence-corrected chi connectivity index (χ0v) is 20.4. The van der Waals surface area contributed by atoms with Gasteiger partial charge in [-0.05, 0) is 48.2 Å². The number of morpholine rings is 1. The zero-order valence-electron chi connectivity index (χ0n) is 18.9. The van der Waals surface area contributed by atoms with Crippen molar-refractivity contribution in [3.8, 4) is 11.1 Å². The molecule has 1 aromatic carbocycles. The van der Waals surface area contributed by atoms with Gasteiger partial charge in [-0.1, -0.05) is 11.6 Å². The summed E-state index contributed by atoms with van der Waals surface area (Å²) >= 11 is 7.73. The highest BCUT2D eigenvalue weighted by molar-refractivity contribution is 7.19. The Hall–Kier alpha value is -2.13. The van der Waals surface area contributed by atoms with E-state index in [0.29, 0.717) is 40.5 Å². The van der Waals surface area contributed by atoms with E-state index < -0.39 is 18.5 Å². The molecule has 2 aliphatic heterocycles. The first-order valence-electron chi connectivity index (χ1n) is 11.5. The second-order valence-corrected chi connectivity index (χ2v) is 10.4. The number of nitrogens with zero attached hydrogens (tertiary/aromatic N) is 2. The normalized spacial score (nSPS) is 21.1. The molecule has 0 radical (unpaired) electrons. The summed E-state index contributed by atoms with van der Waals surface area (Å²) in [4.78, 5) is 18.4. The highest BCUT2D eigenvalue weighted by Gasteiger charge is 2.32. The monoisotopic (exact) mass is 505 g/mol. The second-order valence-electron chi connectivity index (χ2n) is 8.89. The molecule has 5 nitrogen and oxygen atoms in total. The van der Waals surface area contributed by atoms with Crippen molar-refractivity contribution in [1.29, 1.82) is 0 Å². The molecule has 0 bridgehead atoms. The number of thiophene rings is 1. The molecule has 4 heterocycles. The molecule has 1 N–H and O–H groups in total. The molecule has 2 fully saturated rings. The van der Waals surface area contributed by atoms with Crippen molar-refractivity contribution in [2.75, 3.05) is 26.4 Å². The molecule has 34 heavy (non-hydrogen) atoms.